The summed E-state index contributed by atoms with van der Waals surface area (Å²) in [7, 11) is 14.8. The lowest BCUT2D eigenvalue weighted by Gasteiger charge is -2.26. The minimum absolute atomic E-state index is 0.104. The van der Waals surface area contributed by atoms with Gasteiger partial charge in [0.25, 0.3) is 0 Å². The van der Waals surface area contributed by atoms with Gasteiger partial charge in [0.05, 0.1) is 18.9 Å². The lowest BCUT2D eigenvalue weighted by Crippen LogP contribution is -2.09. The Morgan fingerprint density at radius 1 is 0.391 bits per heavy atom. The smallest absolute Gasteiger partial charge is 0.119 e. The van der Waals surface area contributed by atoms with Crippen molar-refractivity contribution < 1.29 is 0 Å². The predicted octanol–water partition coefficient (Wildman–Crippen LogP) is 15.6. The van der Waals surface area contributed by atoms with Crippen molar-refractivity contribution in [1.82, 2.24) is 4.57 Å². The number of hydrogen-bond donors (Lipinski definition) is 1. The first kappa shape index (κ1) is 40.8. The van der Waals surface area contributed by atoms with E-state index in [1.54, 1.807) is 0 Å². The fraction of sp³-hybridized carbons (Fsp3) is 0.0175. The van der Waals surface area contributed by atoms with Crippen molar-refractivity contribution in [3.63, 3.8) is 0 Å². The number of anilines is 3. The third-order valence-electron chi connectivity index (χ3n) is 11.9. The van der Waals surface area contributed by atoms with E-state index in [1.165, 1.54) is 82.4 Å². The number of benzene rings is 10. The zero-order valence-corrected chi connectivity index (χ0v) is 36.1. The average Bonchev–Trinajstić information content (AvgIpc) is 3.68. The molecular formula is C57H41B3N3P. The van der Waals surface area contributed by atoms with Gasteiger partial charge in [0, 0.05) is 33.5 Å². The second-order valence-electron chi connectivity index (χ2n) is 16.1. The Morgan fingerprint density at radius 2 is 0.797 bits per heavy atom. The van der Waals surface area contributed by atoms with Gasteiger partial charge in [-0.1, -0.05) is 170 Å². The van der Waals surface area contributed by atoms with Crippen LogP contribution in [0.4, 0.5) is 17.1 Å². The van der Waals surface area contributed by atoms with E-state index in [1.807, 2.05) is 0 Å². The van der Waals surface area contributed by atoms with E-state index in [2.05, 4.69) is 240 Å². The number of rotatable bonds is 8. The summed E-state index contributed by atoms with van der Waals surface area (Å²) in [5.74, 6) is 0. The third-order valence-corrected chi connectivity index (χ3v) is 12.5. The first-order valence-electron chi connectivity index (χ1n) is 21.4. The predicted molar refractivity (Wildman–Crippen MR) is 279 cm³/mol. The van der Waals surface area contributed by atoms with E-state index in [0.29, 0.717) is 0 Å². The number of nitrogens with one attached hydrogen (secondary N) is 1. The Hall–Kier alpha value is -7.26. The normalized spacial score (nSPS) is 11.4. The highest BCUT2D eigenvalue weighted by molar-refractivity contribution is 8.07. The molecule has 3 nitrogen and oxygen atoms in total. The van der Waals surface area contributed by atoms with Crippen LogP contribution in [0.15, 0.2) is 231 Å². The summed E-state index contributed by atoms with van der Waals surface area (Å²) in [6.07, 6.45) is 0. The van der Waals surface area contributed by atoms with Crippen LogP contribution in [0.2, 0.25) is 0 Å². The molecule has 0 bridgehead atoms. The van der Waals surface area contributed by atoms with Gasteiger partial charge < -0.3 is 14.6 Å². The Bertz CT molecular complexity index is 3340. The van der Waals surface area contributed by atoms with Crippen molar-refractivity contribution in [2.24, 2.45) is 0 Å². The number of aromatic nitrogens is 1. The summed E-state index contributed by atoms with van der Waals surface area (Å²) in [5, 5.41) is 14.2. The molecule has 1 heterocycles. The fourth-order valence-electron chi connectivity index (χ4n) is 8.79. The summed E-state index contributed by atoms with van der Waals surface area (Å²) in [5.41, 5.74) is 14.1. The highest BCUT2D eigenvalue weighted by Crippen LogP contribution is 2.40. The fourth-order valence-corrected chi connectivity index (χ4v) is 8.79. The largest absolute Gasteiger partial charge is 0.339 e. The lowest BCUT2D eigenvalue weighted by molar-refractivity contribution is 1.18. The lowest BCUT2D eigenvalue weighted by atomic mass is 9.97. The molecule has 298 valence electrons. The van der Waals surface area contributed by atoms with Gasteiger partial charge in [-0.15, -0.1) is 6.81 Å². The van der Waals surface area contributed by atoms with Crippen LogP contribution in [-0.4, -0.2) is 33.6 Å². The Balaban J connectivity index is 0.000000758. The molecule has 1 aromatic heterocycles. The standard InChI is InChI=1S/C56H38N2.CH3B3NP/c1-2-16-45(17-3-1)58-55-23-9-8-20-53(55)54-38-44(30-37-56(54)58)39-24-31-46(32-25-39)57(47-33-26-42(27-34-47)51-21-10-14-40-12-4-6-18-49(40)51)48-35-28-43(29-36-48)52-22-11-15-41-13-5-7-19-50(41)52;2-1-6(3,4)5/h1-38H;5H,1H2. The summed E-state index contributed by atoms with van der Waals surface area (Å²) < 4.78 is 2.37. The minimum Gasteiger partial charge on any atom is -0.339 e. The van der Waals surface area contributed by atoms with Crippen molar-refractivity contribution in [2.75, 3.05) is 11.0 Å². The average molecular weight is 831 g/mol. The van der Waals surface area contributed by atoms with Crippen LogP contribution in [-0.2, 0) is 0 Å². The van der Waals surface area contributed by atoms with E-state index in [4.69, 9.17) is 28.1 Å². The van der Waals surface area contributed by atoms with Crippen molar-refractivity contribution in [3.8, 4) is 39.1 Å². The van der Waals surface area contributed by atoms with E-state index >= 15 is 0 Å². The third kappa shape index (κ3) is 8.10. The van der Waals surface area contributed by atoms with Gasteiger partial charge in [0.1, 0.15) is 15.1 Å². The molecule has 0 amide bonds. The molecule has 11 rings (SSSR count). The summed E-state index contributed by atoms with van der Waals surface area (Å²) in [6, 6.07) is 83.7. The molecule has 10 aromatic carbocycles. The van der Waals surface area contributed by atoms with Crippen molar-refractivity contribution in [2.45, 2.75) is 0 Å². The van der Waals surface area contributed by atoms with E-state index in [0.717, 1.165) is 17.1 Å². The zero-order chi connectivity index (χ0) is 43.6. The molecule has 64 heavy (non-hydrogen) atoms. The molecule has 0 fully saturated rings. The Labute approximate surface area is 378 Å². The molecule has 6 radical (unpaired) electrons. The van der Waals surface area contributed by atoms with Crippen LogP contribution in [0.1, 0.15) is 0 Å². The maximum absolute atomic E-state index is 6.72. The monoisotopic (exact) mass is 831 g/mol. The van der Waals surface area contributed by atoms with Gasteiger partial charge >= 0.3 is 0 Å². The second kappa shape index (κ2) is 17.5. The Kier molecular flexibility index (Phi) is 11.1. The van der Waals surface area contributed by atoms with E-state index in [9.17, 15) is 0 Å². The van der Waals surface area contributed by atoms with E-state index in [-0.39, 0.29) is 6.06 Å². The van der Waals surface area contributed by atoms with Crippen LogP contribution in [0.25, 0.3) is 82.4 Å². The molecule has 0 atom stereocenters. The highest BCUT2D eigenvalue weighted by Gasteiger charge is 2.17. The zero-order valence-electron chi connectivity index (χ0n) is 35.2. The number of fused-ring (bicyclic) bond motifs is 5. The molecule has 0 saturated carbocycles. The highest BCUT2D eigenvalue weighted by atomic mass is 31.2. The van der Waals surface area contributed by atoms with Crippen LogP contribution in [0.3, 0.4) is 0 Å². The first-order chi connectivity index (χ1) is 31.3. The molecule has 0 aliphatic rings. The van der Waals surface area contributed by atoms with Gasteiger partial charge in [-0.05, 0) is 122 Å². The van der Waals surface area contributed by atoms with Gasteiger partial charge in [-0.25, -0.2) is 0 Å². The molecule has 0 unspecified atom stereocenters. The molecule has 1 N–H and O–H groups in total. The van der Waals surface area contributed by atoms with Crippen LogP contribution < -0.4 is 4.90 Å². The summed E-state index contributed by atoms with van der Waals surface area (Å²) in [4.78, 5) is 2.36. The number of hydrogen-bond acceptors (Lipinski definition) is 2. The van der Waals surface area contributed by atoms with Gasteiger partial charge in [-0.3, -0.25) is 0 Å². The van der Waals surface area contributed by atoms with Gasteiger partial charge in [-0.2, -0.15) is 0 Å². The van der Waals surface area contributed by atoms with Crippen molar-refractivity contribution in [3.05, 3.63) is 231 Å². The van der Waals surface area contributed by atoms with Crippen molar-refractivity contribution >= 4 is 90.2 Å². The molecule has 0 saturated heterocycles. The maximum Gasteiger partial charge on any atom is 0.119 e. The van der Waals surface area contributed by atoms with Gasteiger partial charge in [0.2, 0.25) is 0 Å². The van der Waals surface area contributed by atoms with Gasteiger partial charge in [0.15, 0.2) is 0 Å². The molecular weight excluding hydrogens is 790 g/mol. The first-order valence-corrected chi connectivity index (χ1v) is 23.5. The van der Waals surface area contributed by atoms with E-state index < -0.39 is 6.81 Å². The topological polar surface area (TPSA) is 32.0 Å². The van der Waals surface area contributed by atoms with Crippen LogP contribution in [0.5, 0.6) is 0 Å². The summed E-state index contributed by atoms with van der Waals surface area (Å²) >= 11 is 0. The summed E-state index contributed by atoms with van der Waals surface area (Å²) in [6.45, 7) is -2.37. The molecule has 0 aliphatic heterocycles. The minimum atomic E-state index is -2.37. The van der Waals surface area contributed by atoms with Crippen LogP contribution >= 0.6 is 6.81 Å². The Morgan fingerprint density at radius 3 is 1.31 bits per heavy atom. The number of nitrogens with zero attached hydrogens (tertiary/aromatic N) is 2. The van der Waals surface area contributed by atoms with Crippen molar-refractivity contribution in [1.29, 1.82) is 5.16 Å². The molecule has 7 heteroatoms. The van der Waals surface area contributed by atoms with Crippen LogP contribution in [0, 0.1) is 5.16 Å². The quantitative estimate of drug-likeness (QED) is 0.120. The second-order valence-corrected chi connectivity index (χ2v) is 18.3. The number of para-hydroxylation sites is 2. The molecule has 0 aliphatic carbocycles. The molecule has 0 spiro atoms. The molecule has 11 aromatic rings. The maximum atomic E-state index is 6.72. The SMILES string of the molecule is [B]CP([B])([B])=N.c1ccc(-n2c3ccccc3c3cc(-c4ccc(N(c5ccc(-c6cccc7ccccc67)cc5)c5ccc(-c6cccc7ccccc67)cc5)cc4)ccc32)cc1.